The van der Waals surface area contributed by atoms with Crippen molar-refractivity contribution < 1.29 is 22.7 Å². The summed E-state index contributed by atoms with van der Waals surface area (Å²) < 4.78 is 43.1. The van der Waals surface area contributed by atoms with Crippen LogP contribution in [0.5, 0.6) is 0 Å². The normalized spacial score (nSPS) is 11.0. The summed E-state index contributed by atoms with van der Waals surface area (Å²) in [4.78, 5) is 19.5. The van der Waals surface area contributed by atoms with Gasteiger partial charge in [0, 0.05) is 17.4 Å². The standard InChI is InChI=1S/C19H15F3N4O2/c1-28-18(27)12-5-7-14(8-6-12)25-16-10-17(24-11-23-16)26-15-4-2-3-13(9-15)19(20,21)22/h2-11H,1H3,(H2,23,24,25,26). The predicted molar refractivity (Wildman–Crippen MR) is 97.8 cm³/mol. The van der Waals surface area contributed by atoms with Gasteiger partial charge in [0.2, 0.25) is 0 Å². The maximum atomic E-state index is 12.8. The van der Waals surface area contributed by atoms with Gasteiger partial charge < -0.3 is 15.4 Å². The number of nitrogens with one attached hydrogen (secondary N) is 2. The monoisotopic (exact) mass is 388 g/mol. The highest BCUT2D eigenvalue weighted by atomic mass is 19.4. The number of esters is 1. The number of anilines is 4. The van der Waals surface area contributed by atoms with Crippen LogP contribution in [0.2, 0.25) is 0 Å². The minimum Gasteiger partial charge on any atom is -0.465 e. The molecule has 0 saturated heterocycles. The Labute approximate surface area is 158 Å². The molecule has 0 aliphatic heterocycles. The number of carbonyl (C=O) groups excluding carboxylic acids is 1. The van der Waals surface area contributed by atoms with Crippen LogP contribution in [0, 0.1) is 0 Å². The van der Waals surface area contributed by atoms with Crippen molar-refractivity contribution >= 4 is 29.0 Å². The minimum atomic E-state index is -4.42. The topological polar surface area (TPSA) is 76.1 Å². The maximum Gasteiger partial charge on any atom is 0.416 e. The van der Waals surface area contributed by atoms with Gasteiger partial charge in [-0.25, -0.2) is 14.8 Å². The molecule has 0 saturated carbocycles. The molecule has 2 aromatic carbocycles. The van der Waals surface area contributed by atoms with E-state index < -0.39 is 17.7 Å². The fourth-order valence-corrected chi connectivity index (χ4v) is 2.37. The summed E-state index contributed by atoms with van der Waals surface area (Å²) in [5, 5.41) is 5.85. The van der Waals surface area contributed by atoms with Crippen LogP contribution in [-0.4, -0.2) is 23.0 Å². The molecule has 0 aliphatic rings. The van der Waals surface area contributed by atoms with Crippen LogP contribution in [0.3, 0.4) is 0 Å². The number of ether oxygens (including phenoxy) is 1. The van der Waals surface area contributed by atoms with Crippen molar-refractivity contribution in [2.45, 2.75) is 6.18 Å². The first-order chi connectivity index (χ1) is 13.3. The summed E-state index contributed by atoms with van der Waals surface area (Å²) in [6.45, 7) is 0. The van der Waals surface area contributed by atoms with Gasteiger partial charge in [-0.1, -0.05) is 6.07 Å². The molecule has 6 nitrogen and oxygen atoms in total. The maximum absolute atomic E-state index is 12.8. The summed E-state index contributed by atoms with van der Waals surface area (Å²) in [7, 11) is 1.30. The zero-order chi connectivity index (χ0) is 20.1. The Morgan fingerprint density at radius 1 is 0.929 bits per heavy atom. The lowest BCUT2D eigenvalue weighted by Crippen LogP contribution is -2.05. The molecule has 0 amide bonds. The van der Waals surface area contributed by atoms with Gasteiger partial charge in [0.25, 0.3) is 0 Å². The minimum absolute atomic E-state index is 0.252. The fraction of sp³-hybridized carbons (Fsp3) is 0.105. The van der Waals surface area contributed by atoms with E-state index in [1.807, 2.05) is 0 Å². The molecule has 0 atom stereocenters. The third-order valence-corrected chi connectivity index (χ3v) is 3.71. The van der Waals surface area contributed by atoms with E-state index in [4.69, 9.17) is 0 Å². The van der Waals surface area contributed by atoms with Gasteiger partial charge in [-0.2, -0.15) is 13.2 Å². The van der Waals surface area contributed by atoms with Gasteiger partial charge in [0.1, 0.15) is 18.0 Å². The second-order valence-electron chi connectivity index (χ2n) is 5.69. The van der Waals surface area contributed by atoms with Crippen molar-refractivity contribution in [3.63, 3.8) is 0 Å². The zero-order valence-corrected chi connectivity index (χ0v) is 14.6. The highest BCUT2D eigenvalue weighted by molar-refractivity contribution is 5.89. The van der Waals surface area contributed by atoms with Crippen LogP contribution in [0.1, 0.15) is 15.9 Å². The largest absolute Gasteiger partial charge is 0.465 e. The number of rotatable bonds is 5. The van der Waals surface area contributed by atoms with E-state index in [9.17, 15) is 18.0 Å². The fourth-order valence-electron chi connectivity index (χ4n) is 2.37. The van der Waals surface area contributed by atoms with Crippen LogP contribution in [0.15, 0.2) is 60.9 Å². The van der Waals surface area contributed by atoms with E-state index in [2.05, 4.69) is 25.3 Å². The molecule has 1 aromatic heterocycles. The van der Waals surface area contributed by atoms with E-state index in [1.165, 1.54) is 25.6 Å². The number of halogens is 3. The molecule has 28 heavy (non-hydrogen) atoms. The third kappa shape index (κ3) is 4.76. The Morgan fingerprint density at radius 3 is 2.18 bits per heavy atom. The number of methoxy groups -OCH3 is 1. The Bertz CT molecular complexity index is 975. The summed E-state index contributed by atoms with van der Waals surface area (Å²) in [6, 6.07) is 12.9. The Balaban J connectivity index is 1.73. The Hall–Kier alpha value is -3.62. The number of nitrogens with zero attached hydrogens (tertiary/aromatic N) is 2. The second kappa shape index (κ2) is 7.95. The summed E-state index contributed by atoms with van der Waals surface area (Å²) >= 11 is 0. The molecule has 3 aromatic rings. The van der Waals surface area contributed by atoms with Crippen LogP contribution >= 0.6 is 0 Å². The molecule has 0 fully saturated rings. The number of benzene rings is 2. The lowest BCUT2D eigenvalue weighted by molar-refractivity contribution is -0.137. The molecule has 9 heteroatoms. The molecule has 144 valence electrons. The van der Waals surface area contributed by atoms with Crippen molar-refractivity contribution in [3.05, 3.63) is 72.1 Å². The number of hydrogen-bond acceptors (Lipinski definition) is 6. The first-order valence-electron chi connectivity index (χ1n) is 8.07. The van der Waals surface area contributed by atoms with E-state index in [0.717, 1.165) is 12.1 Å². The Morgan fingerprint density at radius 2 is 1.57 bits per heavy atom. The van der Waals surface area contributed by atoms with Gasteiger partial charge in [-0.05, 0) is 42.5 Å². The molecular weight excluding hydrogens is 373 g/mol. The molecule has 3 rings (SSSR count). The molecule has 0 unspecified atom stereocenters. The number of hydrogen-bond donors (Lipinski definition) is 2. The molecule has 0 aliphatic carbocycles. The summed E-state index contributed by atoms with van der Waals surface area (Å²) in [5.74, 6) is 0.305. The first-order valence-corrected chi connectivity index (χ1v) is 8.07. The number of alkyl halides is 3. The molecule has 2 N–H and O–H groups in total. The molecule has 0 bridgehead atoms. The van der Waals surface area contributed by atoms with Crippen molar-refractivity contribution in [1.82, 2.24) is 9.97 Å². The van der Waals surface area contributed by atoms with E-state index in [1.54, 1.807) is 30.3 Å². The molecule has 0 spiro atoms. The van der Waals surface area contributed by atoms with E-state index in [-0.39, 0.29) is 5.69 Å². The van der Waals surface area contributed by atoms with Gasteiger partial charge in [-0.15, -0.1) is 0 Å². The van der Waals surface area contributed by atoms with Crippen LogP contribution in [-0.2, 0) is 10.9 Å². The molecular formula is C19H15F3N4O2. The number of carbonyl (C=O) groups is 1. The SMILES string of the molecule is COC(=O)c1ccc(Nc2cc(Nc3cccc(C(F)(F)F)c3)ncn2)cc1. The van der Waals surface area contributed by atoms with E-state index in [0.29, 0.717) is 22.9 Å². The van der Waals surface area contributed by atoms with Gasteiger partial charge in [-0.3, -0.25) is 0 Å². The van der Waals surface area contributed by atoms with Crippen LogP contribution in [0.4, 0.5) is 36.2 Å². The summed E-state index contributed by atoms with van der Waals surface area (Å²) in [5.41, 5.74) is 0.566. The smallest absolute Gasteiger partial charge is 0.416 e. The van der Waals surface area contributed by atoms with Crippen LogP contribution in [0.25, 0.3) is 0 Å². The Kier molecular flexibility index (Phi) is 5.44. The first kappa shape index (κ1) is 19.2. The highest BCUT2D eigenvalue weighted by Gasteiger charge is 2.30. The zero-order valence-electron chi connectivity index (χ0n) is 14.6. The average molecular weight is 388 g/mol. The van der Waals surface area contributed by atoms with Crippen molar-refractivity contribution in [2.75, 3.05) is 17.7 Å². The van der Waals surface area contributed by atoms with Crippen LogP contribution < -0.4 is 10.6 Å². The lowest BCUT2D eigenvalue weighted by Gasteiger charge is -2.11. The van der Waals surface area contributed by atoms with Gasteiger partial charge in [0.15, 0.2) is 0 Å². The molecule has 1 heterocycles. The lowest BCUT2D eigenvalue weighted by atomic mass is 10.2. The second-order valence-corrected chi connectivity index (χ2v) is 5.69. The van der Waals surface area contributed by atoms with Gasteiger partial charge in [0.05, 0.1) is 18.2 Å². The predicted octanol–water partition coefficient (Wildman–Crippen LogP) is 4.77. The molecule has 0 radical (unpaired) electrons. The number of aromatic nitrogens is 2. The summed E-state index contributed by atoms with van der Waals surface area (Å²) in [6.07, 6.45) is -3.15. The highest BCUT2D eigenvalue weighted by Crippen LogP contribution is 2.31. The third-order valence-electron chi connectivity index (χ3n) is 3.71. The van der Waals surface area contributed by atoms with Gasteiger partial charge >= 0.3 is 12.1 Å². The average Bonchev–Trinajstić information content (AvgIpc) is 2.68. The van der Waals surface area contributed by atoms with Crippen molar-refractivity contribution in [1.29, 1.82) is 0 Å². The van der Waals surface area contributed by atoms with E-state index >= 15 is 0 Å². The van der Waals surface area contributed by atoms with Crippen molar-refractivity contribution in [3.8, 4) is 0 Å². The van der Waals surface area contributed by atoms with Crippen molar-refractivity contribution in [2.24, 2.45) is 0 Å². The quantitative estimate of drug-likeness (QED) is 0.614.